The molecule has 1 heterocycles. The van der Waals surface area contributed by atoms with Crippen molar-refractivity contribution in [3.8, 4) is 0 Å². The van der Waals surface area contributed by atoms with E-state index in [1.54, 1.807) is 7.05 Å². The second-order valence-corrected chi connectivity index (χ2v) is 5.42. The quantitative estimate of drug-likeness (QED) is 0.789. The van der Waals surface area contributed by atoms with E-state index in [9.17, 15) is 4.79 Å². The normalized spacial score (nSPS) is 10.7. The highest BCUT2D eigenvalue weighted by molar-refractivity contribution is 9.10. The largest absolute Gasteiger partial charge is 0.287 e. The summed E-state index contributed by atoms with van der Waals surface area (Å²) in [4.78, 5) is 12.4. The highest BCUT2D eigenvalue weighted by Gasteiger charge is 2.18. The van der Waals surface area contributed by atoms with E-state index in [-0.39, 0.29) is 5.78 Å². The lowest BCUT2D eigenvalue weighted by molar-refractivity contribution is 0.103. The molecule has 0 unspecified atom stereocenters. The zero-order valence-corrected chi connectivity index (χ0v) is 12.6. The summed E-state index contributed by atoms with van der Waals surface area (Å²) in [6.07, 6.45) is 1.48. The van der Waals surface area contributed by atoms with Crippen molar-refractivity contribution in [2.24, 2.45) is 7.05 Å². The second kappa shape index (κ2) is 4.86. The van der Waals surface area contributed by atoms with Crippen molar-refractivity contribution in [2.75, 3.05) is 0 Å². The van der Waals surface area contributed by atoms with Gasteiger partial charge in [-0.3, -0.25) is 9.48 Å². The first-order chi connectivity index (χ1) is 8.41. The molecule has 0 atom stereocenters. The zero-order chi connectivity index (χ0) is 13.4. The van der Waals surface area contributed by atoms with Crippen molar-refractivity contribution in [1.29, 1.82) is 0 Å². The maximum atomic E-state index is 12.4. The lowest BCUT2D eigenvalue weighted by atomic mass is 10.0. The van der Waals surface area contributed by atoms with Gasteiger partial charge in [0, 0.05) is 17.1 Å². The number of aryl methyl sites for hydroxylation is 3. The Morgan fingerprint density at radius 2 is 1.89 bits per heavy atom. The summed E-state index contributed by atoms with van der Waals surface area (Å²) in [7, 11) is 1.71. The summed E-state index contributed by atoms with van der Waals surface area (Å²) in [6, 6.07) is 3.70. The minimum absolute atomic E-state index is 0.112. The fraction of sp³-hybridized carbons (Fsp3) is 0.231. The number of ketones is 1. The number of aromatic nitrogens is 2. The average Bonchev–Trinajstić information content (AvgIpc) is 2.64. The van der Waals surface area contributed by atoms with Crippen LogP contribution in [0, 0.1) is 13.8 Å². The molecule has 0 aliphatic heterocycles. The van der Waals surface area contributed by atoms with Gasteiger partial charge in [-0.1, -0.05) is 27.5 Å². The van der Waals surface area contributed by atoms with Gasteiger partial charge in [-0.05, 0) is 37.1 Å². The molecular formula is C13H12BrClN2O. The van der Waals surface area contributed by atoms with E-state index in [2.05, 4.69) is 21.0 Å². The molecule has 2 rings (SSSR count). The van der Waals surface area contributed by atoms with Crippen LogP contribution in [0.1, 0.15) is 27.2 Å². The fourth-order valence-corrected chi connectivity index (χ4v) is 2.36. The van der Waals surface area contributed by atoms with E-state index in [1.807, 2.05) is 26.0 Å². The summed E-state index contributed by atoms with van der Waals surface area (Å²) >= 11 is 9.47. The molecular weight excluding hydrogens is 316 g/mol. The van der Waals surface area contributed by atoms with Crippen molar-refractivity contribution in [2.45, 2.75) is 13.8 Å². The van der Waals surface area contributed by atoms with E-state index >= 15 is 0 Å². The third-order valence-corrected chi connectivity index (χ3v) is 4.34. The molecule has 0 aliphatic rings. The number of hydrogen-bond acceptors (Lipinski definition) is 2. The van der Waals surface area contributed by atoms with E-state index in [1.165, 1.54) is 10.9 Å². The van der Waals surface area contributed by atoms with E-state index in [0.29, 0.717) is 16.3 Å². The molecule has 5 heteroatoms. The molecule has 0 N–H and O–H groups in total. The Morgan fingerprint density at radius 3 is 2.33 bits per heavy atom. The number of nitrogens with zero attached hydrogens (tertiary/aromatic N) is 2. The Morgan fingerprint density at radius 1 is 1.33 bits per heavy atom. The standard InChI is InChI=1S/C13H12BrClN2O/c1-7-4-9(5-8(2)11(7)14)13(18)12-10(15)6-16-17(12)3/h4-6H,1-3H3. The molecule has 0 radical (unpaired) electrons. The van der Waals surface area contributed by atoms with Gasteiger partial charge < -0.3 is 0 Å². The van der Waals surface area contributed by atoms with Crippen LogP contribution in [-0.2, 0) is 7.05 Å². The molecule has 1 aromatic carbocycles. The van der Waals surface area contributed by atoms with Gasteiger partial charge in [0.05, 0.1) is 11.2 Å². The van der Waals surface area contributed by atoms with Gasteiger partial charge in [0.15, 0.2) is 0 Å². The Labute approximate surface area is 119 Å². The maximum Gasteiger partial charge on any atom is 0.212 e. The Bertz CT molecular complexity index is 591. The molecule has 0 saturated heterocycles. The number of halogens is 2. The monoisotopic (exact) mass is 326 g/mol. The van der Waals surface area contributed by atoms with Crippen molar-refractivity contribution >= 4 is 33.3 Å². The molecule has 0 amide bonds. The number of carbonyl (C=O) groups is 1. The SMILES string of the molecule is Cc1cc(C(=O)c2c(Cl)cnn2C)cc(C)c1Br. The van der Waals surface area contributed by atoms with Crippen molar-refractivity contribution in [3.05, 3.63) is 50.2 Å². The number of benzene rings is 1. The van der Waals surface area contributed by atoms with E-state index in [4.69, 9.17) is 11.6 Å². The van der Waals surface area contributed by atoms with Gasteiger partial charge in [-0.2, -0.15) is 5.10 Å². The van der Waals surface area contributed by atoms with Gasteiger partial charge >= 0.3 is 0 Å². The first-order valence-electron chi connectivity index (χ1n) is 5.40. The second-order valence-electron chi connectivity index (χ2n) is 4.22. The lowest BCUT2D eigenvalue weighted by Crippen LogP contribution is -2.09. The van der Waals surface area contributed by atoms with Crippen LogP contribution in [0.15, 0.2) is 22.8 Å². The number of carbonyl (C=O) groups excluding carboxylic acids is 1. The Kier molecular flexibility index (Phi) is 3.59. The lowest BCUT2D eigenvalue weighted by Gasteiger charge is -2.08. The number of rotatable bonds is 2. The van der Waals surface area contributed by atoms with Gasteiger partial charge in [-0.25, -0.2) is 0 Å². The van der Waals surface area contributed by atoms with Gasteiger partial charge in [0.1, 0.15) is 5.69 Å². The topological polar surface area (TPSA) is 34.9 Å². The molecule has 1 aromatic heterocycles. The predicted octanol–water partition coefficient (Wildman–Crippen LogP) is 3.68. The predicted molar refractivity (Wildman–Crippen MR) is 75.3 cm³/mol. The van der Waals surface area contributed by atoms with Crippen molar-refractivity contribution < 1.29 is 4.79 Å². The summed E-state index contributed by atoms with van der Waals surface area (Å²) < 4.78 is 2.52. The first-order valence-corrected chi connectivity index (χ1v) is 6.58. The van der Waals surface area contributed by atoms with Crippen molar-refractivity contribution in [1.82, 2.24) is 9.78 Å². The molecule has 0 spiro atoms. The molecule has 94 valence electrons. The smallest absolute Gasteiger partial charge is 0.212 e. The molecule has 18 heavy (non-hydrogen) atoms. The maximum absolute atomic E-state index is 12.4. The minimum Gasteiger partial charge on any atom is -0.287 e. The first kappa shape index (κ1) is 13.3. The Hall–Kier alpha value is -1.13. The highest BCUT2D eigenvalue weighted by atomic mass is 79.9. The van der Waals surface area contributed by atoms with Crippen LogP contribution in [0.3, 0.4) is 0 Å². The Balaban J connectivity index is 2.54. The van der Waals surface area contributed by atoms with E-state index in [0.717, 1.165) is 15.6 Å². The van der Waals surface area contributed by atoms with Gasteiger partial charge in [0.2, 0.25) is 5.78 Å². The van der Waals surface area contributed by atoms with Gasteiger partial charge in [0.25, 0.3) is 0 Å². The van der Waals surface area contributed by atoms with Crippen LogP contribution in [0.4, 0.5) is 0 Å². The van der Waals surface area contributed by atoms with Crippen molar-refractivity contribution in [3.63, 3.8) is 0 Å². The molecule has 2 aromatic rings. The third-order valence-electron chi connectivity index (χ3n) is 2.81. The van der Waals surface area contributed by atoms with Crippen LogP contribution >= 0.6 is 27.5 Å². The molecule has 0 aliphatic carbocycles. The van der Waals surface area contributed by atoms with Crippen LogP contribution in [0.25, 0.3) is 0 Å². The molecule has 3 nitrogen and oxygen atoms in total. The highest BCUT2D eigenvalue weighted by Crippen LogP contribution is 2.25. The molecule has 0 bridgehead atoms. The van der Waals surface area contributed by atoms with Crippen LogP contribution in [-0.4, -0.2) is 15.6 Å². The van der Waals surface area contributed by atoms with Gasteiger partial charge in [-0.15, -0.1) is 0 Å². The number of hydrogen-bond donors (Lipinski definition) is 0. The third kappa shape index (κ3) is 2.22. The summed E-state index contributed by atoms with van der Waals surface area (Å²) in [5, 5.41) is 4.36. The average molecular weight is 328 g/mol. The zero-order valence-electron chi connectivity index (χ0n) is 10.3. The minimum atomic E-state index is -0.112. The molecule has 0 saturated carbocycles. The van der Waals surface area contributed by atoms with Crippen LogP contribution in [0.5, 0.6) is 0 Å². The van der Waals surface area contributed by atoms with Crippen LogP contribution < -0.4 is 0 Å². The fourth-order valence-electron chi connectivity index (χ4n) is 1.88. The summed E-state index contributed by atoms with van der Waals surface area (Å²) in [6.45, 7) is 3.91. The van der Waals surface area contributed by atoms with Crippen LogP contribution in [0.2, 0.25) is 5.02 Å². The summed E-state index contributed by atoms with van der Waals surface area (Å²) in [5.74, 6) is -0.112. The van der Waals surface area contributed by atoms with E-state index < -0.39 is 0 Å². The summed E-state index contributed by atoms with van der Waals surface area (Å²) in [5.41, 5.74) is 3.09. The molecule has 0 fully saturated rings.